The first kappa shape index (κ1) is 19.5. The number of thioether (sulfide) groups is 1. The molecule has 0 spiro atoms. The SMILES string of the molecule is COc1cccc(C(=O)CSc2nnc(N3CCCC3)n2-c2ccc(C)cc2)c1. The van der Waals surface area contributed by atoms with Crippen LogP contribution < -0.4 is 9.64 Å². The van der Waals surface area contributed by atoms with Gasteiger partial charge in [-0.15, -0.1) is 10.2 Å². The van der Waals surface area contributed by atoms with Gasteiger partial charge in [0, 0.05) is 18.7 Å². The third-order valence-electron chi connectivity index (χ3n) is 5.02. The summed E-state index contributed by atoms with van der Waals surface area (Å²) in [6, 6.07) is 15.6. The number of hydrogen-bond donors (Lipinski definition) is 0. The van der Waals surface area contributed by atoms with Gasteiger partial charge in [-0.1, -0.05) is 41.6 Å². The van der Waals surface area contributed by atoms with E-state index in [4.69, 9.17) is 4.74 Å². The Labute approximate surface area is 174 Å². The summed E-state index contributed by atoms with van der Waals surface area (Å²) in [5.74, 6) is 1.86. The first-order valence-electron chi connectivity index (χ1n) is 9.73. The Morgan fingerprint density at radius 2 is 1.86 bits per heavy atom. The zero-order valence-electron chi connectivity index (χ0n) is 16.7. The maximum absolute atomic E-state index is 12.7. The third-order valence-corrected chi connectivity index (χ3v) is 5.95. The van der Waals surface area contributed by atoms with Crippen molar-refractivity contribution in [1.82, 2.24) is 14.8 Å². The number of aromatic nitrogens is 3. The zero-order valence-corrected chi connectivity index (χ0v) is 17.5. The van der Waals surface area contributed by atoms with E-state index in [0.29, 0.717) is 11.3 Å². The van der Waals surface area contributed by atoms with Crippen molar-refractivity contribution in [1.29, 1.82) is 0 Å². The molecule has 0 unspecified atom stereocenters. The Morgan fingerprint density at radius 3 is 2.59 bits per heavy atom. The Balaban J connectivity index is 1.59. The smallest absolute Gasteiger partial charge is 0.232 e. The summed E-state index contributed by atoms with van der Waals surface area (Å²) < 4.78 is 7.29. The second kappa shape index (κ2) is 8.69. The van der Waals surface area contributed by atoms with Crippen molar-refractivity contribution in [3.63, 3.8) is 0 Å². The van der Waals surface area contributed by atoms with Crippen molar-refractivity contribution in [2.75, 3.05) is 30.9 Å². The molecule has 0 aliphatic carbocycles. The second-order valence-corrected chi connectivity index (χ2v) is 8.03. The average molecular weight is 409 g/mol. The molecule has 4 rings (SSSR count). The summed E-state index contributed by atoms with van der Waals surface area (Å²) in [5, 5.41) is 9.61. The van der Waals surface area contributed by atoms with Crippen molar-refractivity contribution in [3.05, 3.63) is 59.7 Å². The molecule has 1 fully saturated rings. The van der Waals surface area contributed by atoms with Gasteiger partial charge in [0.25, 0.3) is 0 Å². The largest absolute Gasteiger partial charge is 0.497 e. The van der Waals surface area contributed by atoms with Crippen molar-refractivity contribution >= 4 is 23.5 Å². The highest BCUT2D eigenvalue weighted by Crippen LogP contribution is 2.29. The molecule has 1 aromatic heterocycles. The number of carbonyl (C=O) groups excluding carboxylic acids is 1. The molecular weight excluding hydrogens is 384 g/mol. The number of rotatable bonds is 7. The molecule has 1 aliphatic rings. The van der Waals surface area contributed by atoms with E-state index >= 15 is 0 Å². The molecule has 0 N–H and O–H groups in total. The van der Waals surface area contributed by atoms with E-state index in [1.54, 1.807) is 13.2 Å². The van der Waals surface area contributed by atoms with E-state index in [1.165, 1.54) is 17.3 Å². The number of methoxy groups -OCH3 is 1. The van der Waals surface area contributed by atoms with E-state index in [1.807, 2.05) is 18.2 Å². The molecule has 0 radical (unpaired) electrons. The van der Waals surface area contributed by atoms with Gasteiger partial charge < -0.3 is 9.64 Å². The summed E-state index contributed by atoms with van der Waals surface area (Å²) in [6.45, 7) is 4.04. The minimum atomic E-state index is 0.0371. The van der Waals surface area contributed by atoms with Gasteiger partial charge in [0.05, 0.1) is 18.6 Å². The Bertz CT molecular complexity index is 994. The zero-order chi connectivity index (χ0) is 20.2. The number of hydrogen-bond acceptors (Lipinski definition) is 6. The lowest BCUT2D eigenvalue weighted by atomic mass is 10.1. The topological polar surface area (TPSA) is 60.2 Å². The summed E-state index contributed by atoms with van der Waals surface area (Å²) in [6.07, 6.45) is 2.33. The molecule has 0 saturated carbocycles. The molecule has 2 aromatic carbocycles. The molecule has 2 heterocycles. The van der Waals surface area contributed by atoms with Crippen LogP contribution in [-0.4, -0.2) is 46.5 Å². The molecule has 150 valence electrons. The molecule has 0 bridgehead atoms. The highest BCUT2D eigenvalue weighted by molar-refractivity contribution is 7.99. The number of ether oxygens (including phenoxy) is 1. The Morgan fingerprint density at radius 1 is 1.10 bits per heavy atom. The monoisotopic (exact) mass is 408 g/mol. The van der Waals surface area contributed by atoms with Crippen LogP contribution in [0.4, 0.5) is 5.95 Å². The number of anilines is 1. The number of aryl methyl sites for hydroxylation is 1. The van der Waals surface area contributed by atoms with Crippen LogP contribution in [0.3, 0.4) is 0 Å². The number of ketones is 1. The lowest BCUT2D eigenvalue weighted by Gasteiger charge is -2.18. The van der Waals surface area contributed by atoms with Gasteiger partial charge >= 0.3 is 0 Å². The van der Waals surface area contributed by atoms with E-state index in [9.17, 15) is 4.79 Å². The van der Waals surface area contributed by atoms with E-state index < -0.39 is 0 Å². The molecule has 0 amide bonds. The van der Waals surface area contributed by atoms with Crippen LogP contribution in [0.25, 0.3) is 5.69 Å². The average Bonchev–Trinajstić information content (AvgIpc) is 3.42. The maximum Gasteiger partial charge on any atom is 0.232 e. The molecular formula is C22H24N4O2S. The number of nitrogens with zero attached hydrogens (tertiary/aromatic N) is 4. The van der Waals surface area contributed by atoms with Crippen LogP contribution in [0.2, 0.25) is 0 Å². The fraction of sp³-hybridized carbons (Fsp3) is 0.318. The van der Waals surface area contributed by atoms with Crippen LogP contribution in [0, 0.1) is 6.92 Å². The second-order valence-electron chi connectivity index (χ2n) is 7.09. The van der Waals surface area contributed by atoms with Crippen LogP contribution >= 0.6 is 11.8 Å². The van der Waals surface area contributed by atoms with Gasteiger partial charge in [-0.2, -0.15) is 0 Å². The highest BCUT2D eigenvalue weighted by atomic mass is 32.2. The maximum atomic E-state index is 12.7. The standard InChI is InChI=1S/C22H24N4O2S/c1-16-8-10-18(11-9-16)26-21(25-12-3-4-13-25)23-24-22(26)29-15-20(27)17-6-5-7-19(14-17)28-2/h5-11,14H,3-4,12-13,15H2,1-2H3. The fourth-order valence-electron chi connectivity index (χ4n) is 3.41. The van der Waals surface area contributed by atoms with Crippen molar-refractivity contribution in [2.24, 2.45) is 0 Å². The molecule has 29 heavy (non-hydrogen) atoms. The van der Waals surface area contributed by atoms with Crippen LogP contribution in [0.15, 0.2) is 53.7 Å². The van der Waals surface area contributed by atoms with E-state index in [0.717, 1.165) is 42.7 Å². The Kier molecular flexibility index (Phi) is 5.85. The van der Waals surface area contributed by atoms with Crippen molar-refractivity contribution < 1.29 is 9.53 Å². The van der Waals surface area contributed by atoms with E-state index in [-0.39, 0.29) is 11.5 Å². The Hall–Kier alpha value is -2.80. The van der Waals surface area contributed by atoms with Gasteiger partial charge in [-0.05, 0) is 44.0 Å². The fourth-order valence-corrected chi connectivity index (χ4v) is 4.25. The lowest BCUT2D eigenvalue weighted by molar-refractivity contribution is 0.102. The summed E-state index contributed by atoms with van der Waals surface area (Å²) in [4.78, 5) is 15.0. The van der Waals surface area contributed by atoms with Crippen molar-refractivity contribution in [3.8, 4) is 11.4 Å². The quantitative estimate of drug-likeness (QED) is 0.432. The van der Waals surface area contributed by atoms with Gasteiger partial charge in [0.1, 0.15) is 5.75 Å². The summed E-state index contributed by atoms with van der Waals surface area (Å²) in [5.41, 5.74) is 2.85. The predicted molar refractivity (Wildman–Crippen MR) is 116 cm³/mol. The number of carbonyl (C=O) groups is 1. The van der Waals surface area contributed by atoms with Gasteiger partial charge in [0.2, 0.25) is 5.95 Å². The molecule has 6 nitrogen and oxygen atoms in total. The van der Waals surface area contributed by atoms with Gasteiger partial charge in [-0.3, -0.25) is 9.36 Å². The van der Waals surface area contributed by atoms with Crippen LogP contribution in [0.1, 0.15) is 28.8 Å². The van der Waals surface area contributed by atoms with Crippen LogP contribution in [0.5, 0.6) is 5.75 Å². The number of benzene rings is 2. The summed E-state index contributed by atoms with van der Waals surface area (Å²) in [7, 11) is 1.60. The van der Waals surface area contributed by atoms with Gasteiger partial charge in [0.15, 0.2) is 10.9 Å². The minimum Gasteiger partial charge on any atom is -0.497 e. The van der Waals surface area contributed by atoms with Crippen LogP contribution in [-0.2, 0) is 0 Å². The van der Waals surface area contributed by atoms with Gasteiger partial charge in [-0.25, -0.2) is 0 Å². The first-order chi connectivity index (χ1) is 14.2. The highest BCUT2D eigenvalue weighted by Gasteiger charge is 2.23. The number of Topliss-reactive ketones (excluding diaryl/α,β-unsaturated/α-hetero) is 1. The lowest BCUT2D eigenvalue weighted by Crippen LogP contribution is -2.22. The third kappa shape index (κ3) is 4.29. The molecule has 3 aromatic rings. The molecule has 7 heteroatoms. The van der Waals surface area contributed by atoms with E-state index in [2.05, 4.69) is 50.9 Å². The molecule has 0 atom stereocenters. The minimum absolute atomic E-state index is 0.0371. The normalized spacial score (nSPS) is 13.7. The first-order valence-corrected chi connectivity index (χ1v) is 10.7. The predicted octanol–water partition coefficient (Wildman–Crippen LogP) is 4.16. The summed E-state index contributed by atoms with van der Waals surface area (Å²) >= 11 is 1.41. The molecule has 1 saturated heterocycles. The van der Waals surface area contributed by atoms with Crippen molar-refractivity contribution in [2.45, 2.75) is 24.9 Å². The molecule has 1 aliphatic heterocycles.